The van der Waals surface area contributed by atoms with E-state index < -0.39 is 0 Å². The van der Waals surface area contributed by atoms with Crippen molar-refractivity contribution in [1.82, 2.24) is 0 Å². The summed E-state index contributed by atoms with van der Waals surface area (Å²) in [6.07, 6.45) is 3.02. The third-order valence-corrected chi connectivity index (χ3v) is 5.57. The van der Waals surface area contributed by atoms with Gasteiger partial charge in [0.15, 0.2) is 6.73 Å². The van der Waals surface area contributed by atoms with Gasteiger partial charge in [-0.05, 0) is 49.6 Å². The van der Waals surface area contributed by atoms with Crippen molar-refractivity contribution in [2.24, 2.45) is 0 Å². The van der Waals surface area contributed by atoms with E-state index in [1.165, 1.54) is 0 Å². The van der Waals surface area contributed by atoms with Gasteiger partial charge in [-0.25, -0.2) is 4.79 Å². The lowest BCUT2D eigenvalue weighted by Gasteiger charge is -2.32. The summed E-state index contributed by atoms with van der Waals surface area (Å²) in [7, 11) is 0. The maximum atomic E-state index is 12.0. The number of ether oxygens (including phenoxy) is 1. The molecule has 27 heavy (non-hydrogen) atoms. The molecule has 0 unspecified atom stereocenters. The zero-order valence-electron chi connectivity index (χ0n) is 15.5. The number of hydrogen-bond acceptors (Lipinski definition) is 4. The van der Waals surface area contributed by atoms with Crippen molar-refractivity contribution in [3.05, 3.63) is 68.0 Å². The summed E-state index contributed by atoms with van der Waals surface area (Å²) >= 11 is 3.54. The van der Waals surface area contributed by atoms with Gasteiger partial charge in [-0.2, -0.15) is 0 Å². The molecule has 0 aliphatic carbocycles. The number of hydrogen-bond donors (Lipinski definition) is 0. The van der Waals surface area contributed by atoms with E-state index >= 15 is 0 Å². The van der Waals surface area contributed by atoms with Crippen molar-refractivity contribution >= 4 is 32.6 Å². The minimum atomic E-state index is -0.289. The van der Waals surface area contributed by atoms with Crippen LogP contribution >= 0.6 is 15.9 Å². The number of unbranched alkanes of at least 4 members (excludes halogenated alkanes) is 1. The molecule has 0 fully saturated rings. The number of anilines is 1. The van der Waals surface area contributed by atoms with Crippen molar-refractivity contribution in [2.45, 2.75) is 39.7 Å². The zero-order valence-corrected chi connectivity index (χ0v) is 17.1. The molecule has 0 radical (unpaired) electrons. The summed E-state index contributed by atoms with van der Waals surface area (Å²) in [5.41, 5.74) is 4.57. The minimum absolute atomic E-state index is 0.289. The van der Waals surface area contributed by atoms with Crippen LogP contribution in [0.5, 0.6) is 5.75 Å². The first-order valence-electron chi connectivity index (χ1n) is 9.29. The summed E-state index contributed by atoms with van der Waals surface area (Å²) < 4.78 is 12.7. The van der Waals surface area contributed by atoms with Gasteiger partial charge in [0.25, 0.3) is 0 Å². The molecule has 1 aliphatic heterocycles. The average molecular weight is 428 g/mol. The first-order valence-corrected chi connectivity index (χ1v) is 10.1. The molecule has 1 aliphatic rings. The standard InChI is InChI=1S/C22H22BrNO3/c1-3-4-6-15-10-20(25)27-22-14(2)21-16(9-19(15)22)12-24(13-26-21)18-8-5-7-17(23)11-18/h5,7-11H,3-4,6,12-13H2,1-2H3. The van der Waals surface area contributed by atoms with Gasteiger partial charge in [-0.3, -0.25) is 0 Å². The Morgan fingerprint density at radius 3 is 2.85 bits per heavy atom. The molecule has 140 valence electrons. The fraction of sp³-hybridized carbons (Fsp3) is 0.318. The zero-order chi connectivity index (χ0) is 19.0. The van der Waals surface area contributed by atoms with E-state index in [9.17, 15) is 4.79 Å². The Kier molecular flexibility index (Phi) is 4.96. The van der Waals surface area contributed by atoms with Crippen LogP contribution in [0, 0.1) is 6.92 Å². The number of aryl methyl sites for hydroxylation is 2. The third-order valence-electron chi connectivity index (χ3n) is 5.08. The van der Waals surface area contributed by atoms with Crippen LogP contribution in [0.4, 0.5) is 5.69 Å². The van der Waals surface area contributed by atoms with Crippen LogP contribution in [0.2, 0.25) is 0 Å². The van der Waals surface area contributed by atoms with Crippen molar-refractivity contribution < 1.29 is 9.15 Å². The largest absolute Gasteiger partial charge is 0.472 e. The molecular formula is C22H22BrNO3. The molecule has 0 N–H and O–H groups in total. The summed E-state index contributed by atoms with van der Waals surface area (Å²) in [5, 5.41) is 1.03. The Labute approximate surface area is 166 Å². The number of halogens is 1. The summed E-state index contributed by atoms with van der Waals surface area (Å²) in [6.45, 7) is 5.36. The van der Waals surface area contributed by atoms with E-state index in [0.717, 1.165) is 63.8 Å². The fourth-order valence-electron chi connectivity index (χ4n) is 3.70. The molecule has 2 aromatic carbocycles. The number of fused-ring (bicyclic) bond motifs is 2. The minimum Gasteiger partial charge on any atom is -0.472 e. The Morgan fingerprint density at radius 2 is 2.07 bits per heavy atom. The number of benzene rings is 2. The fourth-order valence-corrected chi connectivity index (χ4v) is 4.08. The van der Waals surface area contributed by atoms with Gasteiger partial charge < -0.3 is 14.1 Å². The van der Waals surface area contributed by atoms with Crippen molar-refractivity contribution in [3.8, 4) is 5.75 Å². The normalized spacial score (nSPS) is 13.5. The van der Waals surface area contributed by atoms with Gasteiger partial charge in [0.1, 0.15) is 11.3 Å². The Bertz CT molecular complexity index is 1060. The van der Waals surface area contributed by atoms with Crippen molar-refractivity contribution in [3.63, 3.8) is 0 Å². The summed E-state index contributed by atoms with van der Waals surface area (Å²) in [6, 6.07) is 12.0. The third kappa shape index (κ3) is 3.48. The lowest BCUT2D eigenvalue weighted by atomic mass is 9.98. The average Bonchev–Trinajstić information content (AvgIpc) is 2.66. The van der Waals surface area contributed by atoms with Crippen LogP contribution in [-0.4, -0.2) is 6.73 Å². The molecule has 0 bridgehead atoms. The molecule has 4 nitrogen and oxygen atoms in total. The highest BCUT2D eigenvalue weighted by Crippen LogP contribution is 2.37. The predicted octanol–water partition coefficient (Wildman–Crippen LogP) is 5.56. The second kappa shape index (κ2) is 7.39. The van der Waals surface area contributed by atoms with Crippen LogP contribution in [0.25, 0.3) is 11.0 Å². The predicted molar refractivity (Wildman–Crippen MR) is 112 cm³/mol. The smallest absolute Gasteiger partial charge is 0.336 e. The molecule has 1 aromatic heterocycles. The maximum Gasteiger partial charge on any atom is 0.336 e. The molecule has 0 atom stereocenters. The van der Waals surface area contributed by atoms with Crippen molar-refractivity contribution in [2.75, 3.05) is 11.6 Å². The van der Waals surface area contributed by atoms with Crippen LogP contribution in [-0.2, 0) is 13.0 Å². The molecule has 3 aromatic rings. The molecule has 5 heteroatoms. The van der Waals surface area contributed by atoms with Crippen LogP contribution in [0.3, 0.4) is 0 Å². The van der Waals surface area contributed by atoms with Crippen LogP contribution in [0.15, 0.2) is 50.1 Å². The summed E-state index contributed by atoms with van der Waals surface area (Å²) in [4.78, 5) is 14.2. The van der Waals surface area contributed by atoms with Crippen LogP contribution < -0.4 is 15.3 Å². The second-order valence-corrected chi connectivity index (χ2v) is 7.93. The first-order chi connectivity index (χ1) is 13.1. The maximum absolute atomic E-state index is 12.0. The Balaban J connectivity index is 1.80. The van der Waals surface area contributed by atoms with Crippen molar-refractivity contribution in [1.29, 1.82) is 0 Å². The van der Waals surface area contributed by atoms with Gasteiger partial charge in [0.05, 0.1) is 0 Å². The van der Waals surface area contributed by atoms with Gasteiger partial charge in [-0.1, -0.05) is 35.3 Å². The highest BCUT2D eigenvalue weighted by atomic mass is 79.9. The van der Waals surface area contributed by atoms with E-state index in [4.69, 9.17) is 9.15 Å². The SMILES string of the molecule is CCCCc1cc(=O)oc2c(C)c3c(cc12)CN(c1cccc(Br)c1)CO3. The van der Waals surface area contributed by atoms with E-state index in [1.54, 1.807) is 6.07 Å². The topological polar surface area (TPSA) is 42.7 Å². The first kappa shape index (κ1) is 18.1. The van der Waals surface area contributed by atoms with E-state index in [0.29, 0.717) is 12.3 Å². The van der Waals surface area contributed by atoms with Gasteiger partial charge in [-0.15, -0.1) is 0 Å². The molecule has 0 saturated carbocycles. The Hall–Kier alpha value is -2.27. The number of nitrogens with zero attached hydrogens (tertiary/aromatic N) is 1. The van der Waals surface area contributed by atoms with Gasteiger partial charge in [0.2, 0.25) is 0 Å². The van der Waals surface area contributed by atoms with Gasteiger partial charge >= 0.3 is 5.63 Å². The number of rotatable bonds is 4. The summed E-state index contributed by atoms with van der Waals surface area (Å²) in [5.74, 6) is 0.838. The van der Waals surface area contributed by atoms with E-state index in [1.807, 2.05) is 19.1 Å². The highest BCUT2D eigenvalue weighted by molar-refractivity contribution is 9.10. The molecule has 2 heterocycles. The lowest BCUT2D eigenvalue weighted by Crippen LogP contribution is -2.32. The molecule has 4 rings (SSSR count). The Morgan fingerprint density at radius 1 is 1.22 bits per heavy atom. The quantitative estimate of drug-likeness (QED) is 0.510. The lowest BCUT2D eigenvalue weighted by molar-refractivity contribution is 0.287. The van der Waals surface area contributed by atoms with Crippen LogP contribution in [0.1, 0.15) is 36.5 Å². The van der Waals surface area contributed by atoms with Gasteiger partial charge in [0, 0.05) is 39.3 Å². The highest BCUT2D eigenvalue weighted by Gasteiger charge is 2.23. The van der Waals surface area contributed by atoms with E-state index in [-0.39, 0.29) is 5.63 Å². The molecule has 0 amide bonds. The monoisotopic (exact) mass is 427 g/mol. The molecule has 0 saturated heterocycles. The molecule has 0 spiro atoms. The second-order valence-electron chi connectivity index (χ2n) is 7.01. The van der Waals surface area contributed by atoms with E-state index in [2.05, 4.69) is 46.0 Å². The molecular weight excluding hydrogens is 406 g/mol.